The number of hydrogen-bond donors (Lipinski definition) is 2. The van der Waals surface area contributed by atoms with Crippen molar-refractivity contribution >= 4 is 33.1 Å². The van der Waals surface area contributed by atoms with Gasteiger partial charge in [0.2, 0.25) is 5.75 Å². The molecule has 2 N–H and O–H groups in total. The van der Waals surface area contributed by atoms with Gasteiger partial charge in [-0.3, -0.25) is 19.4 Å². The molecule has 0 atom stereocenters. The quantitative estimate of drug-likeness (QED) is 0.376. The van der Waals surface area contributed by atoms with Gasteiger partial charge in [0, 0.05) is 17.0 Å². The van der Waals surface area contributed by atoms with E-state index in [1.807, 2.05) is 16.8 Å². The van der Waals surface area contributed by atoms with Crippen LogP contribution in [-0.4, -0.2) is 35.1 Å². The van der Waals surface area contributed by atoms with Crippen molar-refractivity contribution in [3.8, 4) is 28.4 Å². The lowest BCUT2D eigenvalue weighted by atomic mass is 9.95. The number of fused-ring (bicyclic) bond motifs is 5. The van der Waals surface area contributed by atoms with E-state index < -0.39 is 0 Å². The van der Waals surface area contributed by atoms with Crippen molar-refractivity contribution in [3.05, 3.63) is 50.9 Å². The lowest BCUT2D eigenvalue weighted by molar-refractivity contribution is 0.165. The highest BCUT2D eigenvalue weighted by molar-refractivity contribution is 6.14. The van der Waals surface area contributed by atoms with Gasteiger partial charge in [-0.2, -0.15) is 0 Å². The van der Waals surface area contributed by atoms with Crippen LogP contribution in [0.1, 0.15) is 38.1 Å². The SMILES string of the molecule is COc1cc(-c2c3oc4cc(=O)ccc4c3[nH]c3c2c(=O)[nH]n3C2CCCCC2)cc2c1OCCO2. The van der Waals surface area contributed by atoms with Crippen molar-refractivity contribution in [2.45, 2.75) is 38.1 Å². The number of nitrogens with one attached hydrogen (secondary N) is 2. The van der Waals surface area contributed by atoms with Crippen LogP contribution in [0, 0.1) is 0 Å². The lowest BCUT2D eigenvalue weighted by Crippen LogP contribution is -2.16. The van der Waals surface area contributed by atoms with Crippen LogP contribution in [0.3, 0.4) is 0 Å². The third-order valence-electron chi connectivity index (χ3n) is 7.37. The molecule has 5 aromatic rings. The van der Waals surface area contributed by atoms with Gasteiger partial charge in [-0.15, -0.1) is 0 Å². The first-order valence-corrected chi connectivity index (χ1v) is 12.3. The second-order valence-corrected chi connectivity index (χ2v) is 9.49. The first-order valence-electron chi connectivity index (χ1n) is 12.3. The molecule has 0 bridgehead atoms. The number of pyridine rings is 1. The topological polar surface area (TPSA) is 111 Å². The average Bonchev–Trinajstić information content (AvgIpc) is 3.43. The van der Waals surface area contributed by atoms with E-state index >= 15 is 0 Å². The number of methoxy groups -OCH3 is 1. The summed E-state index contributed by atoms with van der Waals surface area (Å²) in [5.74, 6) is 1.60. The Bertz CT molecular complexity index is 1750. The molecule has 1 aliphatic heterocycles. The van der Waals surface area contributed by atoms with Crippen LogP contribution in [0.25, 0.3) is 44.2 Å². The van der Waals surface area contributed by atoms with E-state index in [1.54, 1.807) is 13.2 Å². The van der Waals surface area contributed by atoms with Gasteiger partial charge >= 0.3 is 0 Å². The van der Waals surface area contributed by atoms with E-state index in [0.717, 1.165) is 36.6 Å². The number of ether oxygens (including phenoxy) is 3. The van der Waals surface area contributed by atoms with Gasteiger partial charge in [-0.25, -0.2) is 0 Å². The second kappa shape index (κ2) is 7.94. The maximum Gasteiger partial charge on any atom is 0.274 e. The summed E-state index contributed by atoms with van der Waals surface area (Å²) in [5.41, 5.74) is 3.37. The Morgan fingerprint density at radius 2 is 1.86 bits per heavy atom. The molecule has 2 aromatic carbocycles. The highest BCUT2D eigenvalue weighted by Gasteiger charge is 2.27. The van der Waals surface area contributed by atoms with Crippen molar-refractivity contribution < 1.29 is 18.6 Å². The summed E-state index contributed by atoms with van der Waals surface area (Å²) in [6.07, 6.45) is 5.47. The Kier molecular flexibility index (Phi) is 4.67. The summed E-state index contributed by atoms with van der Waals surface area (Å²) >= 11 is 0. The molecule has 4 heterocycles. The summed E-state index contributed by atoms with van der Waals surface area (Å²) in [4.78, 5) is 29.1. The molecule has 7 rings (SSSR count). The Hall–Kier alpha value is -4.14. The third kappa shape index (κ3) is 3.08. The van der Waals surface area contributed by atoms with Crippen molar-refractivity contribution in [1.82, 2.24) is 14.8 Å². The van der Waals surface area contributed by atoms with E-state index in [9.17, 15) is 9.59 Å². The summed E-state index contributed by atoms with van der Waals surface area (Å²) in [7, 11) is 1.57. The van der Waals surface area contributed by atoms with Gasteiger partial charge in [-0.1, -0.05) is 19.3 Å². The van der Waals surface area contributed by atoms with Crippen molar-refractivity contribution in [2.75, 3.05) is 20.3 Å². The zero-order chi connectivity index (χ0) is 24.4. The van der Waals surface area contributed by atoms with Crippen LogP contribution in [0.15, 0.2) is 44.3 Å². The number of nitrogens with zero attached hydrogens (tertiary/aromatic N) is 1. The summed E-state index contributed by atoms with van der Waals surface area (Å²) in [6.45, 7) is 0.852. The monoisotopic (exact) mass is 487 g/mol. The van der Waals surface area contributed by atoms with Crippen LogP contribution in [0.4, 0.5) is 0 Å². The smallest absolute Gasteiger partial charge is 0.274 e. The van der Waals surface area contributed by atoms with E-state index in [1.165, 1.54) is 18.6 Å². The normalized spacial score (nSPS) is 16.2. The zero-order valence-electron chi connectivity index (χ0n) is 19.8. The van der Waals surface area contributed by atoms with Gasteiger partial charge in [0.25, 0.3) is 5.56 Å². The maximum atomic E-state index is 13.5. The lowest BCUT2D eigenvalue weighted by Gasteiger charge is -2.23. The Morgan fingerprint density at radius 1 is 1.03 bits per heavy atom. The number of aromatic amines is 2. The van der Waals surface area contributed by atoms with E-state index in [-0.39, 0.29) is 17.0 Å². The molecule has 0 unspecified atom stereocenters. The minimum absolute atomic E-state index is 0.141. The van der Waals surface area contributed by atoms with Crippen molar-refractivity contribution in [3.63, 3.8) is 0 Å². The minimum atomic E-state index is -0.206. The van der Waals surface area contributed by atoms with Crippen LogP contribution < -0.4 is 25.2 Å². The highest BCUT2D eigenvalue weighted by Crippen LogP contribution is 2.46. The van der Waals surface area contributed by atoms with Crippen LogP contribution in [0.5, 0.6) is 17.2 Å². The Balaban J connectivity index is 1.61. The standard InChI is InChI=1S/C27H25N3O6/c1-33-19-11-14(12-20-24(19)35-10-9-34-20)21-22-26(30(29-27(22)32)15-5-3-2-4-6-15)28-23-17-8-7-16(31)13-18(17)36-25(21)23/h7-8,11-13,15,28H,2-6,9-10H2,1H3,(H,29,32). The molecular formula is C27H25N3O6. The Labute approximate surface area is 204 Å². The first-order chi connectivity index (χ1) is 17.6. The summed E-state index contributed by atoms with van der Waals surface area (Å²) < 4.78 is 25.5. The number of aromatic nitrogens is 3. The number of H-pyrrole nitrogens is 2. The predicted molar refractivity (Wildman–Crippen MR) is 136 cm³/mol. The molecule has 2 aliphatic rings. The fourth-order valence-corrected chi connectivity index (χ4v) is 5.72. The van der Waals surface area contributed by atoms with Gasteiger partial charge in [-0.05, 0) is 42.7 Å². The fraction of sp³-hybridized carbons (Fsp3) is 0.333. The van der Waals surface area contributed by atoms with Gasteiger partial charge in [0.1, 0.15) is 24.4 Å². The molecule has 0 saturated heterocycles. The molecule has 0 spiro atoms. The molecule has 1 saturated carbocycles. The molecule has 3 aromatic heterocycles. The van der Waals surface area contributed by atoms with E-state index in [0.29, 0.717) is 63.8 Å². The van der Waals surface area contributed by atoms with Crippen LogP contribution >= 0.6 is 0 Å². The predicted octanol–water partition coefficient (Wildman–Crippen LogP) is 4.87. The number of benzene rings is 2. The first kappa shape index (κ1) is 21.2. The van der Waals surface area contributed by atoms with Gasteiger partial charge < -0.3 is 23.6 Å². The maximum absolute atomic E-state index is 13.5. The summed E-state index contributed by atoms with van der Waals surface area (Å²) in [5, 5.41) is 4.37. The molecule has 1 fully saturated rings. The molecule has 0 amide bonds. The second-order valence-electron chi connectivity index (χ2n) is 9.49. The Morgan fingerprint density at radius 3 is 2.69 bits per heavy atom. The largest absolute Gasteiger partial charge is 0.493 e. The van der Waals surface area contributed by atoms with E-state index in [2.05, 4.69) is 10.1 Å². The summed E-state index contributed by atoms with van der Waals surface area (Å²) in [6, 6.07) is 8.65. The molecule has 0 radical (unpaired) electrons. The van der Waals surface area contributed by atoms with Gasteiger partial charge in [0.15, 0.2) is 22.5 Å². The molecule has 9 nitrogen and oxygen atoms in total. The number of rotatable bonds is 3. The van der Waals surface area contributed by atoms with Gasteiger partial charge in [0.05, 0.1) is 24.1 Å². The van der Waals surface area contributed by atoms with E-state index in [4.69, 9.17) is 18.6 Å². The molecule has 1 aliphatic carbocycles. The number of hydrogen-bond acceptors (Lipinski definition) is 6. The molecule has 36 heavy (non-hydrogen) atoms. The van der Waals surface area contributed by atoms with Crippen molar-refractivity contribution in [1.29, 1.82) is 0 Å². The third-order valence-corrected chi connectivity index (χ3v) is 7.37. The highest BCUT2D eigenvalue weighted by atomic mass is 16.6. The van der Waals surface area contributed by atoms with Crippen LogP contribution in [-0.2, 0) is 0 Å². The minimum Gasteiger partial charge on any atom is -0.493 e. The molecule has 9 heteroatoms. The number of furan rings is 1. The zero-order valence-corrected chi connectivity index (χ0v) is 19.8. The molecule has 184 valence electrons. The fourth-order valence-electron chi connectivity index (χ4n) is 5.72. The van der Waals surface area contributed by atoms with Crippen LogP contribution in [0.2, 0.25) is 0 Å². The average molecular weight is 488 g/mol. The van der Waals surface area contributed by atoms with Crippen molar-refractivity contribution in [2.24, 2.45) is 0 Å². The molecular weight excluding hydrogens is 462 g/mol.